The second kappa shape index (κ2) is 7.40. The zero-order valence-electron chi connectivity index (χ0n) is 15.9. The number of anilines is 1. The highest BCUT2D eigenvalue weighted by molar-refractivity contribution is 5.97. The summed E-state index contributed by atoms with van der Waals surface area (Å²) in [5, 5.41) is 3.22. The summed E-state index contributed by atoms with van der Waals surface area (Å²) < 4.78 is 16.8. The van der Waals surface area contributed by atoms with Crippen molar-refractivity contribution in [3.05, 3.63) is 88.6 Å². The number of fused-ring (bicyclic) bond motifs is 2. The van der Waals surface area contributed by atoms with Crippen LogP contribution in [0.5, 0.6) is 11.5 Å². The fourth-order valence-electron chi connectivity index (χ4n) is 3.50. The van der Waals surface area contributed by atoms with Crippen molar-refractivity contribution in [1.82, 2.24) is 0 Å². The molecule has 0 atom stereocenters. The van der Waals surface area contributed by atoms with E-state index in [0.717, 1.165) is 5.56 Å². The van der Waals surface area contributed by atoms with Gasteiger partial charge in [0.05, 0.1) is 17.4 Å². The summed E-state index contributed by atoms with van der Waals surface area (Å²) in [5.41, 5.74) is 1.89. The quantitative estimate of drug-likeness (QED) is 0.551. The molecule has 0 fully saturated rings. The summed E-state index contributed by atoms with van der Waals surface area (Å²) in [4.78, 5) is 26.0. The lowest BCUT2D eigenvalue weighted by Crippen LogP contribution is -2.18. The molecule has 0 radical (unpaired) electrons. The standard InChI is InChI=1S/C24H17NO5/c26-21(12-15-6-2-1-3-7-15)25-24-22(16-10-11-19-20(13-16)29-14-28-19)23(27)17-8-4-5-9-18(17)30-24/h1-11,13H,12,14H2,(H,25,26). The van der Waals surface area contributed by atoms with Crippen molar-refractivity contribution in [3.63, 3.8) is 0 Å². The number of carbonyl (C=O) groups excluding carboxylic acids is 1. The molecule has 1 aliphatic heterocycles. The predicted molar refractivity (Wildman–Crippen MR) is 113 cm³/mol. The van der Waals surface area contributed by atoms with E-state index in [2.05, 4.69) is 5.32 Å². The van der Waals surface area contributed by atoms with E-state index in [-0.39, 0.29) is 36.0 Å². The van der Waals surface area contributed by atoms with Crippen molar-refractivity contribution in [2.75, 3.05) is 12.1 Å². The summed E-state index contributed by atoms with van der Waals surface area (Å²) >= 11 is 0. The minimum atomic E-state index is -0.276. The van der Waals surface area contributed by atoms with E-state index in [1.165, 1.54) is 0 Å². The normalized spacial score (nSPS) is 12.1. The lowest BCUT2D eigenvalue weighted by atomic mass is 10.0. The Labute approximate surface area is 171 Å². The highest BCUT2D eigenvalue weighted by atomic mass is 16.7. The van der Waals surface area contributed by atoms with Gasteiger partial charge >= 0.3 is 0 Å². The first-order valence-corrected chi connectivity index (χ1v) is 9.49. The minimum absolute atomic E-state index is 0.110. The Morgan fingerprint density at radius 3 is 2.53 bits per heavy atom. The van der Waals surface area contributed by atoms with Crippen LogP contribution in [0.3, 0.4) is 0 Å². The third-order valence-corrected chi connectivity index (χ3v) is 4.92. The Morgan fingerprint density at radius 2 is 1.67 bits per heavy atom. The van der Waals surface area contributed by atoms with Crippen LogP contribution in [-0.2, 0) is 11.2 Å². The Hall–Kier alpha value is -4.06. The number of ether oxygens (including phenoxy) is 2. The number of rotatable bonds is 4. The molecule has 2 heterocycles. The maximum Gasteiger partial charge on any atom is 0.231 e. The third kappa shape index (κ3) is 3.28. The summed E-state index contributed by atoms with van der Waals surface area (Å²) in [7, 11) is 0. The molecule has 5 rings (SSSR count). The molecule has 148 valence electrons. The topological polar surface area (TPSA) is 77.8 Å². The van der Waals surface area contributed by atoms with Gasteiger partial charge in [-0.25, -0.2) is 0 Å². The molecule has 3 aromatic carbocycles. The fourth-order valence-corrected chi connectivity index (χ4v) is 3.50. The average Bonchev–Trinajstić information content (AvgIpc) is 3.22. The van der Waals surface area contributed by atoms with Crippen molar-refractivity contribution < 1.29 is 18.7 Å². The van der Waals surface area contributed by atoms with Gasteiger partial charge in [0.25, 0.3) is 0 Å². The van der Waals surface area contributed by atoms with Crippen molar-refractivity contribution in [1.29, 1.82) is 0 Å². The van der Waals surface area contributed by atoms with Gasteiger partial charge in [-0.15, -0.1) is 0 Å². The predicted octanol–water partition coefficient (Wildman–Crippen LogP) is 4.37. The first kappa shape index (κ1) is 18.0. The maximum absolute atomic E-state index is 13.3. The van der Waals surface area contributed by atoms with Crippen LogP contribution < -0.4 is 20.2 Å². The highest BCUT2D eigenvalue weighted by Gasteiger charge is 2.21. The van der Waals surface area contributed by atoms with Gasteiger partial charge in [-0.2, -0.15) is 0 Å². The zero-order valence-corrected chi connectivity index (χ0v) is 15.9. The highest BCUT2D eigenvalue weighted by Crippen LogP contribution is 2.37. The van der Waals surface area contributed by atoms with Crippen LogP contribution in [0.25, 0.3) is 22.1 Å². The molecule has 1 aromatic heterocycles. The largest absolute Gasteiger partial charge is 0.454 e. The molecule has 4 aromatic rings. The number of para-hydroxylation sites is 1. The number of hydrogen-bond donors (Lipinski definition) is 1. The average molecular weight is 399 g/mol. The van der Waals surface area contributed by atoms with Crippen LogP contribution in [0.15, 0.2) is 82.0 Å². The monoisotopic (exact) mass is 399 g/mol. The molecule has 1 aliphatic rings. The first-order valence-electron chi connectivity index (χ1n) is 9.49. The second-order valence-electron chi connectivity index (χ2n) is 6.91. The Bertz CT molecular complexity index is 1310. The molecular weight excluding hydrogens is 382 g/mol. The van der Waals surface area contributed by atoms with Crippen LogP contribution >= 0.6 is 0 Å². The van der Waals surface area contributed by atoms with Crippen LogP contribution in [0.4, 0.5) is 5.88 Å². The lowest BCUT2D eigenvalue weighted by Gasteiger charge is -2.12. The molecule has 1 amide bonds. The molecule has 6 nitrogen and oxygen atoms in total. The molecule has 1 N–H and O–H groups in total. The SMILES string of the molecule is O=C(Cc1ccccc1)Nc1oc2ccccc2c(=O)c1-c1ccc2c(c1)OCO2. The van der Waals surface area contributed by atoms with E-state index in [1.807, 2.05) is 30.3 Å². The van der Waals surface area contributed by atoms with E-state index in [1.54, 1.807) is 42.5 Å². The smallest absolute Gasteiger partial charge is 0.231 e. The number of nitrogens with one attached hydrogen (secondary N) is 1. The molecule has 0 saturated heterocycles. The van der Waals surface area contributed by atoms with Crippen LogP contribution in [0, 0.1) is 0 Å². The van der Waals surface area contributed by atoms with E-state index in [4.69, 9.17) is 13.9 Å². The first-order chi connectivity index (χ1) is 14.7. The molecule has 0 spiro atoms. The van der Waals surface area contributed by atoms with Crippen molar-refractivity contribution in [3.8, 4) is 22.6 Å². The van der Waals surface area contributed by atoms with E-state index in [9.17, 15) is 9.59 Å². The van der Waals surface area contributed by atoms with Crippen molar-refractivity contribution in [2.45, 2.75) is 6.42 Å². The molecule has 0 aliphatic carbocycles. The molecule has 0 bridgehead atoms. The second-order valence-corrected chi connectivity index (χ2v) is 6.91. The number of carbonyl (C=O) groups is 1. The van der Waals surface area contributed by atoms with Crippen molar-refractivity contribution in [2.24, 2.45) is 0 Å². The van der Waals surface area contributed by atoms with Gasteiger partial charge in [0.2, 0.25) is 24.0 Å². The zero-order chi connectivity index (χ0) is 20.5. The number of benzene rings is 3. The molecular formula is C24H17NO5. The molecule has 30 heavy (non-hydrogen) atoms. The van der Waals surface area contributed by atoms with E-state index in [0.29, 0.717) is 28.0 Å². The maximum atomic E-state index is 13.3. The Balaban J connectivity index is 1.60. The van der Waals surface area contributed by atoms with Gasteiger partial charge in [-0.05, 0) is 35.4 Å². The lowest BCUT2D eigenvalue weighted by molar-refractivity contribution is -0.115. The Kier molecular flexibility index (Phi) is 4.44. The van der Waals surface area contributed by atoms with Gasteiger partial charge in [0, 0.05) is 0 Å². The van der Waals surface area contributed by atoms with Crippen LogP contribution in [0.1, 0.15) is 5.56 Å². The minimum Gasteiger partial charge on any atom is -0.454 e. The molecule has 0 saturated carbocycles. The molecule has 6 heteroatoms. The summed E-state index contributed by atoms with van der Waals surface area (Å²) in [6.45, 7) is 0.131. The Morgan fingerprint density at radius 1 is 0.900 bits per heavy atom. The van der Waals surface area contributed by atoms with Gasteiger partial charge in [-0.3, -0.25) is 14.9 Å². The number of hydrogen-bond acceptors (Lipinski definition) is 5. The van der Waals surface area contributed by atoms with E-state index < -0.39 is 0 Å². The van der Waals surface area contributed by atoms with Gasteiger partial charge in [0.15, 0.2) is 11.5 Å². The summed E-state index contributed by atoms with van der Waals surface area (Å²) in [6.07, 6.45) is 0.165. The summed E-state index contributed by atoms with van der Waals surface area (Å²) in [6, 6.07) is 21.5. The van der Waals surface area contributed by atoms with E-state index >= 15 is 0 Å². The fraction of sp³-hybridized carbons (Fsp3) is 0.0833. The third-order valence-electron chi connectivity index (χ3n) is 4.92. The van der Waals surface area contributed by atoms with Crippen molar-refractivity contribution >= 4 is 22.8 Å². The van der Waals surface area contributed by atoms with Crippen LogP contribution in [0.2, 0.25) is 0 Å². The van der Waals surface area contributed by atoms with Crippen LogP contribution in [-0.4, -0.2) is 12.7 Å². The molecule has 0 unspecified atom stereocenters. The number of amides is 1. The van der Waals surface area contributed by atoms with Gasteiger partial charge < -0.3 is 13.9 Å². The summed E-state index contributed by atoms with van der Waals surface area (Å²) in [5.74, 6) is 0.986. The van der Waals surface area contributed by atoms with Gasteiger partial charge in [-0.1, -0.05) is 48.5 Å². The van der Waals surface area contributed by atoms with Gasteiger partial charge in [0.1, 0.15) is 5.58 Å².